The second-order valence-electron chi connectivity index (χ2n) is 3.94. The van der Waals surface area contributed by atoms with E-state index in [2.05, 4.69) is 31.2 Å². The van der Waals surface area contributed by atoms with E-state index < -0.39 is 0 Å². The molecule has 1 aromatic rings. The molecule has 94 valence electrons. The number of nitrogens with one attached hydrogen (secondary N) is 1. The number of morpholine rings is 1. The molecule has 1 N–H and O–H groups in total. The van der Waals surface area contributed by atoms with Crippen LogP contribution in [0.2, 0.25) is 0 Å². The van der Waals surface area contributed by atoms with Crippen LogP contribution in [0.25, 0.3) is 0 Å². The zero-order valence-corrected chi connectivity index (χ0v) is 11.2. The highest BCUT2D eigenvalue weighted by molar-refractivity contribution is 9.10. The average Bonchev–Trinajstić information content (AvgIpc) is 2.58. The maximum absolute atomic E-state index is 11.8. The fourth-order valence-corrected chi connectivity index (χ4v) is 2.15. The standard InChI is InChI=1S/C10H15BrN4O2/c1-14-6-8(11)10(13-14)12-9(16)7-15-2-4-17-5-3-15/h6H,2-5,7H2,1H3,(H,12,13,16). The molecule has 1 saturated heterocycles. The summed E-state index contributed by atoms with van der Waals surface area (Å²) in [7, 11) is 1.81. The predicted octanol–water partition coefficient (Wildman–Crippen LogP) is 0.453. The van der Waals surface area contributed by atoms with Crippen LogP contribution in [-0.4, -0.2) is 53.4 Å². The summed E-state index contributed by atoms with van der Waals surface area (Å²) in [4.78, 5) is 13.8. The van der Waals surface area contributed by atoms with Crippen molar-refractivity contribution in [3.63, 3.8) is 0 Å². The van der Waals surface area contributed by atoms with Crippen LogP contribution in [0.1, 0.15) is 0 Å². The molecule has 0 radical (unpaired) electrons. The zero-order valence-electron chi connectivity index (χ0n) is 9.65. The molecular formula is C10H15BrN4O2. The molecule has 2 rings (SSSR count). The minimum atomic E-state index is -0.0497. The van der Waals surface area contributed by atoms with Crippen LogP contribution in [0.3, 0.4) is 0 Å². The van der Waals surface area contributed by atoms with E-state index >= 15 is 0 Å². The molecule has 1 amide bonds. The highest BCUT2D eigenvalue weighted by atomic mass is 79.9. The number of hydrogen-bond donors (Lipinski definition) is 1. The summed E-state index contributed by atoms with van der Waals surface area (Å²) in [6.07, 6.45) is 1.80. The molecule has 1 aromatic heterocycles. The van der Waals surface area contributed by atoms with Crippen molar-refractivity contribution in [1.82, 2.24) is 14.7 Å². The fraction of sp³-hybridized carbons (Fsp3) is 0.600. The molecule has 0 aliphatic carbocycles. The Kier molecular flexibility index (Phi) is 4.14. The van der Waals surface area contributed by atoms with E-state index in [1.807, 2.05) is 7.05 Å². The van der Waals surface area contributed by atoms with Crippen molar-refractivity contribution < 1.29 is 9.53 Å². The lowest BCUT2D eigenvalue weighted by molar-refractivity contribution is -0.118. The SMILES string of the molecule is Cn1cc(Br)c(NC(=O)CN2CCOCC2)n1. The van der Waals surface area contributed by atoms with Gasteiger partial charge in [0.1, 0.15) is 0 Å². The molecule has 7 heteroatoms. The first kappa shape index (κ1) is 12.5. The highest BCUT2D eigenvalue weighted by Crippen LogP contribution is 2.19. The lowest BCUT2D eigenvalue weighted by atomic mass is 10.4. The topological polar surface area (TPSA) is 59.4 Å². The van der Waals surface area contributed by atoms with Gasteiger partial charge >= 0.3 is 0 Å². The van der Waals surface area contributed by atoms with E-state index in [4.69, 9.17) is 4.74 Å². The Balaban J connectivity index is 1.86. The van der Waals surface area contributed by atoms with Gasteiger partial charge in [-0.15, -0.1) is 0 Å². The zero-order chi connectivity index (χ0) is 12.3. The summed E-state index contributed by atoms with van der Waals surface area (Å²) < 4.78 is 7.66. The number of aromatic nitrogens is 2. The Labute approximate surface area is 108 Å². The van der Waals surface area contributed by atoms with Gasteiger partial charge in [0.15, 0.2) is 5.82 Å². The predicted molar refractivity (Wildman–Crippen MR) is 66.8 cm³/mol. The number of carbonyl (C=O) groups is 1. The second-order valence-corrected chi connectivity index (χ2v) is 4.79. The number of nitrogens with zero attached hydrogens (tertiary/aromatic N) is 3. The number of halogens is 1. The van der Waals surface area contributed by atoms with Crippen molar-refractivity contribution in [2.24, 2.45) is 7.05 Å². The van der Waals surface area contributed by atoms with Gasteiger partial charge in [-0.1, -0.05) is 0 Å². The van der Waals surface area contributed by atoms with Crippen LogP contribution in [0, 0.1) is 0 Å². The molecule has 0 aromatic carbocycles. The third-order valence-electron chi connectivity index (χ3n) is 2.51. The maximum Gasteiger partial charge on any atom is 0.239 e. The summed E-state index contributed by atoms with van der Waals surface area (Å²) in [5.74, 6) is 0.511. The molecule has 0 atom stereocenters. The maximum atomic E-state index is 11.8. The van der Waals surface area contributed by atoms with Crippen molar-refractivity contribution in [3.05, 3.63) is 10.7 Å². The number of hydrogen-bond acceptors (Lipinski definition) is 4. The van der Waals surface area contributed by atoms with Crippen LogP contribution in [-0.2, 0) is 16.6 Å². The molecule has 17 heavy (non-hydrogen) atoms. The van der Waals surface area contributed by atoms with Crippen molar-refractivity contribution in [2.45, 2.75) is 0 Å². The van der Waals surface area contributed by atoms with Gasteiger partial charge in [-0.05, 0) is 15.9 Å². The van der Waals surface area contributed by atoms with Gasteiger partial charge in [0, 0.05) is 26.3 Å². The smallest absolute Gasteiger partial charge is 0.239 e. The van der Waals surface area contributed by atoms with Gasteiger partial charge in [-0.3, -0.25) is 14.4 Å². The van der Waals surface area contributed by atoms with Crippen molar-refractivity contribution >= 4 is 27.7 Å². The fourth-order valence-electron chi connectivity index (χ4n) is 1.68. The molecule has 0 bridgehead atoms. The van der Waals surface area contributed by atoms with Gasteiger partial charge in [-0.2, -0.15) is 5.10 Å². The Morgan fingerprint density at radius 2 is 2.29 bits per heavy atom. The molecule has 0 unspecified atom stereocenters. The number of anilines is 1. The van der Waals surface area contributed by atoms with Crippen LogP contribution < -0.4 is 5.32 Å². The van der Waals surface area contributed by atoms with E-state index in [-0.39, 0.29) is 5.91 Å². The van der Waals surface area contributed by atoms with Crippen LogP contribution in [0.5, 0.6) is 0 Å². The lowest BCUT2D eigenvalue weighted by Gasteiger charge is -2.25. The minimum absolute atomic E-state index is 0.0497. The van der Waals surface area contributed by atoms with Gasteiger partial charge in [0.2, 0.25) is 5.91 Å². The van der Waals surface area contributed by atoms with Crippen molar-refractivity contribution in [3.8, 4) is 0 Å². The minimum Gasteiger partial charge on any atom is -0.379 e. The van der Waals surface area contributed by atoms with E-state index in [0.29, 0.717) is 25.6 Å². The van der Waals surface area contributed by atoms with E-state index in [0.717, 1.165) is 17.6 Å². The molecule has 2 heterocycles. The van der Waals surface area contributed by atoms with Gasteiger partial charge in [0.05, 0.1) is 24.2 Å². The van der Waals surface area contributed by atoms with E-state index in [9.17, 15) is 4.79 Å². The number of carbonyl (C=O) groups excluding carboxylic acids is 1. The summed E-state index contributed by atoms with van der Waals surface area (Å²) in [6, 6.07) is 0. The Hall–Kier alpha value is -0.920. The monoisotopic (exact) mass is 302 g/mol. The summed E-state index contributed by atoms with van der Waals surface area (Å²) >= 11 is 3.34. The third kappa shape index (κ3) is 3.52. The molecule has 0 spiro atoms. The first-order valence-electron chi connectivity index (χ1n) is 5.44. The number of amides is 1. The Morgan fingerprint density at radius 1 is 1.59 bits per heavy atom. The number of aryl methyl sites for hydroxylation is 1. The second kappa shape index (κ2) is 5.61. The molecule has 1 aliphatic rings. The largest absolute Gasteiger partial charge is 0.379 e. The van der Waals surface area contributed by atoms with Crippen molar-refractivity contribution in [2.75, 3.05) is 38.2 Å². The number of ether oxygens (including phenoxy) is 1. The molecule has 6 nitrogen and oxygen atoms in total. The number of rotatable bonds is 3. The first-order chi connectivity index (χ1) is 8.15. The highest BCUT2D eigenvalue weighted by Gasteiger charge is 2.15. The van der Waals surface area contributed by atoms with E-state index in [1.54, 1.807) is 10.9 Å². The molecule has 0 saturated carbocycles. The van der Waals surface area contributed by atoms with E-state index in [1.165, 1.54) is 0 Å². The van der Waals surface area contributed by atoms with Crippen LogP contribution >= 0.6 is 15.9 Å². The Bertz CT molecular complexity index is 401. The molecule has 1 fully saturated rings. The quantitative estimate of drug-likeness (QED) is 0.881. The van der Waals surface area contributed by atoms with Crippen LogP contribution in [0.4, 0.5) is 5.82 Å². The molecular weight excluding hydrogens is 288 g/mol. The van der Waals surface area contributed by atoms with Crippen LogP contribution in [0.15, 0.2) is 10.7 Å². The molecule has 1 aliphatic heterocycles. The van der Waals surface area contributed by atoms with Crippen molar-refractivity contribution in [1.29, 1.82) is 0 Å². The normalized spacial score (nSPS) is 17.1. The summed E-state index contributed by atoms with van der Waals surface area (Å²) in [5.41, 5.74) is 0. The Morgan fingerprint density at radius 3 is 2.88 bits per heavy atom. The lowest BCUT2D eigenvalue weighted by Crippen LogP contribution is -2.41. The van der Waals surface area contributed by atoms with Gasteiger partial charge < -0.3 is 10.1 Å². The average molecular weight is 303 g/mol. The first-order valence-corrected chi connectivity index (χ1v) is 6.23. The summed E-state index contributed by atoms with van der Waals surface area (Å²) in [5, 5.41) is 6.92. The van der Waals surface area contributed by atoms with Gasteiger partial charge in [0.25, 0.3) is 0 Å². The van der Waals surface area contributed by atoms with Gasteiger partial charge in [-0.25, -0.2) is 0 Å². The summed E-state index contributed by atoms with van der Waals surface area (Å²) in [6.45, 7) is 3.38. The third-order valence-corrected chi connectivity index (χ3v) is 3.09.